The molecule has 0 aliphatic heterocycles. The summed E-state index contributed by atoms with van der Waals surface area (Å²) in [7, 11) is 1.62. The predicted octanol–water partition coefficient (Wildman–Crippen LogP) is 4.36. The largest absolute Gasteiger partial charge is 0.497 e. The number of carbonyl (C=O) groups is 1. The molecule has 1 aromatic heterocycles. The van der Waals surface area contributed by atoms with Crippen LogP contribution in [0, 0.1) is 5.92 Å². The zero-order valence-corrected chi connectivity index (χ0v) is 14.0. The monoisotopic (exact) mass is 329 g/mol. The maximum absolute atomic E-state index is 11.9. The molecular weight excluding hydrogens is 306 g/mol. The van der Waals surface area contributed by atoms with E-state index in [0.717, 1.165) is 24.2 Å². The van der Waals surface area contributed by atoms with Gasteiger partial charge in [0.2, 0.25) is 0 Å². The third kappa shape index (κ3) is 4.37. The number of nitrogens with zero attached hydrogens (tertiary/aromatic N) is 1. The number of hydrogen-bond donors (Lipinski definition) is 0. The molecule has 1 heterocycles. The van der Waals surface area contributed by atoms with E-state index in [1.807, 2.05) is 24.3 Å². The highest BCUT2D eigenvalue weighted by atomic mass is 16.5. The number of methoxy groups -OCH3 is 1. The van der Waals surface area contributed by atoms with Crippen LogP contribution in [0.3, 0.4) is 0 Å². The molecule has 0 spiro atoms. The number of benzene rings is 1. The summed E-state index contributed by atoms with van der Waals surface area (Å²) in [6.45, 7) is 0.152. The minimum Gasteiger partial charge on any atom is -0.497 e. The van der Waals surface area contributed by atoms with Crippen molar-refractivity contribution in [1.82, 2.24) is 5.16 Å². The molecule has 1 aliphatic carbocycles. The van der Waals surface area contributed by atoms with Gasteiger partial charge in [-0.15, -0.1) is 0 Å². The minimum absolute atomic E-state index is 0.146. The lowest BCUT2D eigenvalue weighted by molar-refractivity contribution is -0.146. The van der Waals surface area contributed by atoms with E-state index in [1.54, 1.807) is 13.2 Å². The lowest BCUT2D eigenvalue weighted by Gasteiger charge is -2.20. The van der Waals surface area contributed by atoms with E-state index in [0.29, 0.717) is 23.8 Å². The first-order chi connectivity index (χ1) is 11.7. The van der Waals surface area contributed by atoms with Crippen LogP contribution in [0.5, 0.6) is 5.75 Å². The van der Waals surface area contributed by atoms with Gasteiger partial charge in [0.15, 0.2) is 5.76 Å². The Morgan fingerprint density at radius 1 is 1.25 bits per heavy atom. The molecule has 2 aromatic rings. The topological polar surface area (TPSA) is 61.6 Å². The van der Waals surface area contributed by atoms with Gasteiger partial charge < -0.3 is 14.0 Å². The van der Waals surface area contributed by atoms with Crippen LogP contribution in [-0.2, 0) is 16.1 Å². The number of ether oxygens (including phenoxy) is 2. The molecular formula is C19H23NO4. The zero-order chi connectivity index (χ0) is 16.8. The zero-order valence-electron chi connectivity index (χ0n) is 14.0. The number of carbonyl (C=O) groups excluding carboxylic acids is 1. The Morgan fingerprint density at radius 2 is 2.08 bits per heavy atom. The average Bonchev–Trinajstić information content (AvgIpc) is 3.10. The Bertz CT molecular complexity index is 674. The molecule has 0 bridgehead atoms. The third-order valence-electron chi connectivity index (χ3n) is 4.47. The number of aromatic nitrogens is 1. The van der Waals surface area contributed by atoms with Crippen LogP contribution in [0.15, 0.2) is 34.9 Å². The highest BCUT2D eigenvalue weighted by Gasteiger charge is 2.18. The molecule has 128 valence electrons. The molecule has 0 radical (unpaired) electrons. The van der Waals surface area contributed by atoms with Gasteiger partial charge in [-0.3, -0.25) is 4.79 Å². The summed E-state index contributed by atoms with van der Waals surface area (Å²) >= 11 is 0. The fourth-order valence-electron chi connectivity index (χ4n) is 3.13. The molecule has 24 heavy (non-hydrogen) atoms. The average molecular weight is 329 g/mol. The van der Waals surface area contributed by atoms with E-state index in [4.69, 9.17) is 14.0 Å². The quantitative estimate of drug-likeness (QED) is 0.737. The SMILES string of the molecule is COc1cccc(-c2cc(COC(=O)CC3CCCCC3)no2)c1. The van der Waals surface area contributed by atoms with Gasteiger partial charge >= 0.3 is 5.97 Å². The second-order valence-corrected chi connectivity index (χ2v) is 6.28. The second-order valence-electron chi connectivity index (χ2n) is 6.28. The highest BCUT2D eigenvalue weighted by Crippen LogP contribution is 2.27. The number of esters is 1. The molecule has 5 heteroatoms. The predicted molar refractivity (Wildman–Crippen MR) is 89.5 cm³/mol. The fraction of sp³-hybridized carbons (Fsp3) is 0.474. The van der Waals surface area contributed by atoms with Gasteiger partial charge in [-0.1, -0.05) is 36.6 Å². The Hall–Kier alpha value is -2.30. The summed E-state index contributed by atoms with van der Waals surface area (Å²) in [5, 5.41) is 3.97. The Kier molecular flexibility index (Phi) is 5.51. The Labute approximate surface area is 141 Å². The first-order valence-corrected chi connectivity index (χ1v) is 8.50. The van der Waals surface area contributed by atoms with Gasteiger partial charge in [0.05, 0.1) is 7.11 Å². The molecule has 0 N–H and O–H groups in total. The van der Waals surface area contributed by atoms with Gasteiger partial charge in [-0.05, 0) is 30.9 Å². The van der Waals surface area contributed by atoms with Crippen LogP contribution in [0.1, 0.15) is 44.2 Å². The van der Waals surface area contributed by atoms with Crippen molar-refractivity contribution in [1.29, 1.82) is 0 Å². The van der Waals surface area contributed by atoms with Crippen molar-refractivity contribution in [3.8, 4) is 17.1 Å². The van der Waals surface area contributed by atoms with Crippen molar-refractivity contribution in [2.45, 2.75) is 45.1 Å². The van der Waals surface area contributed by atoms with Crippen molar-refractivity contribution in [2.24, 2.45) is 5.92 Å². The molecule has 1 saturated carbocycles. The maximum Gasteiger partial charge on any atom is 0.306 e. The normalized spacial score (nSPS) is 15.2. The molecule has 0 unspecified atom stereocenters. The van der Waals surface area contributed by atoms with E-state index in [1.165, 1.54) is 19.3 Å². The number of hydrogen-bond acceptors (Lipinski definition) is 5. The maximum atomic E-state index is 11.9. The van der Waals surface area contributed by atoms with Crippen LogP contribution in [0.2, 0.25) is 0 Å². The lowest BCUT2D eigenvalue weighted by Crippen LogP contribution is -2.14. The molecule has 1 fully saturated rings. The standard InChI is InChI=1S/C19H23NO4/c1-22-17-9-5-8-15(11-17)18-12-16(20-24-18)13-23-19(21)10-14-6-3-2-4-7-14/h5,8-9,11-12,14H,2-4,6-7,10,13H2,1H3. The van der Waals surface area contributed by atoms with E-state index in [-0.39, 0.29) is 12.6 Å². The van der Waals surface area contributed by atoms with Crippen LogP contribution in [0.4, 0.5) is 0 Å². The van der Waals surface area contributed by atoms with E-state index < -0.39 is 0 Å². The van der Waals surface area contributed by atoms with Crippen molar-refractivity contribution >= 4 is 5.97 Å². The summed E-state index contributed by atoms with van der Waals surface area (Å²) < 4.78 is 15.9. The highest BCUT2D eigenvalue weighted by molar-refractivity contribution is 5.69. The lowest BCUT2D eigenvalue weighted by atomic mass is 9.87. The van der Waals surface area contributed by atoms with Crippen molar-refractivity contribution in [3.05, 3.63) is 36.0 Å². The third-order valence-corrected chi connectivity index (χ3v) is 4.47. The Balaban J connectivity index is 1.53. The number of rotatable bonds is 6. The smallest absolute Gasteiger partial charge is 0.306 e. The van der Waals surface area contributed by atoms with Crippen LogP contribution in [0.25, 0.3) is 11.3 Å². The van der Waals surface area contributed by atoms with Gasteiger partial charge in [-0.2, -0.15) is 0 Å². The van der Waals surface area contributed by atoms with E-state index >= 15 is 0 Å². The first-order valence-electron chi connectivity index (χ1n) is 8.50. The van der Waals surface area contributed by atoms with E-state index in [2.05, 4.69) is 5.16 Å². The van der Waals surface area contributed by atoms with Gasteiger partial charge in [0.25, 0.3) is 0 Å². The summed E-state index contributed by atoms with van der Waals surface area (Å²) in [6, 6.07) is 9.35. The van der Waals surface area contributed by atoms with Crippen molar-refractivity contribution < 1.29 is 18.8 Å². The first kappa shape index (κ1) is 16.6. The van der Waals surface area contributed by atoms with Gasteiger partial charge in [-0.25, -0.2) is 0 Å². The van der Waals surface area contributed by atoms with Crippen LogP contribution < -0.4 is 4.74 Å². The van der Waals surface area contributed by atoms with Gasteiger partial charge in [0.1, 0.15) is 18.1 Å². The fourth-order valence-corrected chi connectivity index (χ4v) is 3.13. The summed E-state index contributed by atoms with van der Waals surface area (Å²) in [5.74, 6) is 1.72. The molecule has 0 atom stereocenters. The molecule has 0 amide bonds. The van der Waals surface area contributed by atoms with Crippen LogP contribution >= 0.6 is 0 Å². The summed E-state index contributed by atoms with van der Waals surface area (Å²) in [6.07, 6.45) is 6.53. The second kappa shape index (κ2) is 7.99. The van der Waals surface area contributed by atoms with Gasteiger partial charge in [0, 0.05) is 18.1 Å². The summed E-state index contributed by atoms with van der Waals surface area (Å²) in [4.78, 5) is 11.9. The van der Waals surface area contributed by atoms with Crippen molar-refractivity contribution in [3.63, 3.8) is 0 Å². The minimum atomic E-state index is -0.146. The Morgan fingerprint density at radius 3 is 2.88 bits per heavy atom. The molecule has 1 aliphatic rings. The molecule has 3 rings (SSSR count). The van der Waals surface area contributed by atoms with Crippen molar-refractivity contribution in [2.75, 3.05) is 7.11 Å². The van der Waals surface area contributed by atoms with Crippen LogP contribution in [-0.4, -0.2) is 18.2 Å². The molecule has 5 nitrogen and oxygen atoms in total. The van der Waals surface area contributed by atoms with E-state index in [9.17, 15) is 4.79 Å². The molecule has 0 saturated heterocycles. The summed E-state index contributed by atoms with van der Waals surface area (Å²) in [5.41, 5.74) is 1.49. The molecule has 1 aromatic carbocycles.